The molecule has 2 aromatic rings. The molecule has 1 saturated heterocycles. The molecule has 1 aliphatic rings. The normalized spacial score (nSPS) is 19.1. The van der Waals surface area contributed by atoms with Crippen LogP contribution >= 0.6 is 11.8 Å². The molecule has 1 aliphatic heterocycles. The predicted octanol–water partition coefficient (Wildman–Crippen LogP) is 3.96. The molecule has 8 heteroatoms. The van der Waals surface area contributed by atoms with Gasteiger partial charge in [0.1, 0.15) is 5.92 Å². The zero-order chi connectivity index (χ0) is 21.0. The van der Waals surface area contributed by atoms with E-state index in [0.717, 1.165) is 10.5 Å². The van der Waals surface area contributed by atoms with E-state index in [2.05, 4.69) is 10.1 Å². The van der Waals surface area contributed by atoms with Crippen molar-refractivity contribution in [2.45, 2.75) is 24.0 Å². The topological polar surface area (TPSA) is 58.6 Å². The summed E-state index contributed by atoms with van der Waals surface area (Å²) in [5, 5.41) is 2.88. The maximum absolute atomic E-state index is 13.0. The number of alkyl halides is 2. The van der Waals surface area contributed by atoms with Gasteiger partial charge in [0.05, 0.1) is 12.3 Å². The van der Waals surface area contributed by atoms with E-state index in [0.29, 0.717) is 17.8 Å². The van der Waals surface area contributed by atoms with Gasteiger partial charge < -0.3 is 15.0 Å². The number of halogens is 2. The van der Waals surface area contributed by atoms with Gasteiger partial charge in [-0.25, -0.2) is 0 Å². The van der Waals surface area contributed by atoms with Gasteiger partial charge in [-0.15, -0.1) is 11.8 Å². The highest BCUT2D eigenvalue weighted by molar-refractivity contribution is 7.98. The SMILES string of the molecule is CSc1ccccc1NC(=O)[C@H]1C(=O)N(C)C[C@@H]1c1cccc(COC(F)F)c1. The fraction of sp³-hybridized carbons (Fsp3) is 0.333. The number of carbonyl (C=O) groups excluding carboxylic acids is 2. The lowest BCUT2D eigenvalue weighted by molar-refractivity contribution is -0.137. The van der Waals surface area contributed by atoms with Gasteiger partial charge in [-0.2, -0.15) is 8.78 Å². The molecule has 2 amide bonds. The van der Waals surface area contributed by atoms with E-state index in [4.69, 9.17) is 0 Å². The van der Waals surface area contributed by atoms with Crippen LogP contribution in [0.4, 0.5) is 14.5 Å². The average Bonchev–Trinajstić information content (AvgIpc) is 3.01. The number of nitrogens with zero attached hydrogens (tertiary/aromatic N) is 1. The van der Waals surface area contributed by atoms with E-state index in [1.807, 2.05) is 24.5 Å². The molecule has 1 heterocycles. The minimum absolute atomic E-state index is 0.236. The zero-order valence-corrected chi connectivity index (χ0v) is 16.9. The number of benzene rings is 2. The molecular formula is C21H22F2N2O3S. The number of para-hydroxylation sites is 1. The molecule has 0 unspecified atom stereocenters. The third-order valence-corrected chi connectivity index (χ3v) is 5.71. The number of nitrogens with one attached hydrogen (secondary N) is 1. The standard InChI is InChI=1S/C21H22F2N2O3S/c1-25-11-15(14-7-5-6-13(10-14)12-28-21(22)23)18(20(25)27)19(26)24-16-8-3-4-9-17(16)29-2/h3-10,15,18,21H,11-12H2,1-2H3,(H,24,26)/t15-,18+/m1/s1. The monoisotopic (exact) mass is 420 g/mol. The Morgan fingerprint density at radius 1 is 1.28 bits per heavy atom. The van der Waals surface area contributed by atoms with Crippen LogP contribution in [0, 0.1) is 5.92 Å². The van der Waals surface area contributed by atoms with Gasteiger partial charge in [0.25, 0.3) is 0 Å². The summed E-state index contributed by atoms with van der Waals surface area (Å²) >= 11 is 1.50. The first-order valence-corrected chi connectivity index (χ1v) is 10.3. The largest absolute Gasteiger partial charge is 0.345 e. The Morgan fingerprint density at radius 2 is 2.03 bits per heavy atom. The Morgan fingerprint density at radius 3 is 2.76 bits per heavy atom. The smallest absolute Gasteiger partial charge is 0.344 e. The molecule has 154 valence electrons. The van der Waals surface area contributed by atoms with Crippen LogP contribution in [-0.2, 0) is 20.9 Å². The van der Waals surface area contributed by atoms with Gasteiger partial charge in [-0.3, -0.25) is 9.59 Å². The minimum Gasteiger partial charge on any atom is -0.344 e. The summed E-state index contributed by atoms with van der Waals surface area (Å²) in [5.74, 6) is -1.90. The van der Waals surface area contributed by atoms with E-state index in [9.17, 15) is 18.4 Å². The number of hydrogen-bond acceptors (Lipinski definition) is 4. The van der Waals surface area contributed by atoms with Crippen LogP contribution in [0.3, 0.4) is 0 Å². The summed E-state index contributed by atoms with van der Waals surface area (Å²) in [5.41, 5.74) is 1.97. The fourth-order valence-electron chi connectivity index (χ4n) is 3.52. The number of likely N-dealkylation sites (tertiary alicyclic amines) is 1. The molecule has 2 aromatic carbocycles. The Hall–Kier alpha value is -2.45. The molecule has 0 aromatic heterocycles. The first-order chi connectivity index (χ1) is 13.9. The lowest BCUT2D eigenvalue weighted by Gasteiger charge is -2.18. The molecule has 29 heavy (non-hydrogen) atoms. The maximum atomic E-state index is 13.0. The molecule has 0 bridgehead atoms. The first kappa shape index (κ1) is 21.3. The summed E-state index contributed by atoms with van der Waals surface area (Å²) in [7, 11) is 1.65. The van der Waals surface area contributed by atoms with E-state index in [1.165, 1.54) is 16.7 Å². The maximum Gasteiger partial charge on any atom is 0.345 e. The van der Waals surface area contributed by atoms with E-state index in [1.54, 1.807) is 37.4 Å². The lowest BCUT2D eigenvalue weighted by Crippen LogP contribution is -2.32. The zero-order valence-electron chi connectivity index (χ0n) is 16.1. The molecule has 1 fully saturated rings. The van der Waals surface area contributed by atoms with Crippen molar-refractivity contribution in [1.29, 1.82) is 0 Å². The van der Waals surface area contributed by atoms with E-state index >= 15 is 0 Å². The van der Waals surface area contributed by atoms with Crippen molar-refractivity contribution in [3.63, 3.8) is 0 Å². The molecular weight excluding hydrogens is 398 g/mol. The third-order valence-electron chi connectivity index (χ3n) is 4.92. The van der Waals surface area contributed by atoms with Gasteiger partial charge >= 0.3 is 6.61 Å². The van der Waals surface area contributed by atoms with Gasteiger partial charge in [0.15, 0.2) is 0 Å². The summed E-state index contributed by atoms with van der Waals surface area (Å²) in [6.45, 7) is -2.71. The number of likely N-dealkylation sites (N-methyl/N-ethyl adjacent to an activating group) is 1. The average molecular weight is 420 g/mol. The Labute approximate surface area is 172 Å². The second-order valence-electron chi connectivity index (χ2n) is 6.81. The molecule has 0 spiro atoms. The molecule has 1 N–H and O–H groups in total. The number of carbonyl (C=O) groups is 2. The number of thioether (sulfide) groups is 1. The van der Waals surface area contributed by atoms with Crippen molar-refractivity contribution >= 4 is 29.3 Å². The van der Waals surface area contributed by atoms with Gasteiger partial charge in [0.2, 0.25) is 11.8 Å². The summed E-state index contributed by atoms with van der Waals surface area (Å²) in [4.78, 5) is 28.2. The van der Waals surface area contributed by atoms with Crippen molar-refractivity contribution in [3.8, 4) is 0 Å². The summed E-state index contributed by atoms with van der Waals surface area (Å²) in [6, 6.07) is 14.3. The first-order valence-electron chi connectivity index (χ1n) is 9.08. The van der Waals surface area contributed by atoms with Crippen LogP contribution < -0.4 is 5.32 Å². The van der Waals surface area contributed by atoms with Crippen LogP contribution in [0.5, 0.6) is 0 Å². The van der Waals surface area contributed by atoms with E-state index < -0.39 is 12.5 Å². The van der Waals surface area contributed by atoms with E-state index in [-0.39, 0.29) is 24.3 Å². The Kier molecular flexibility index (Phi) is 6.87. The van der Waals surface area contributed by atoms with Crippen molar-refractivity contribution in [1.82, 2.24) is 4.90 Å². The van der Waals surface area contributed by atoms with Gasteiger partial charge in [-0.1, -0.05) is 36.4 Å². The second kappa shape index (κ2) is 9.37. The Bertz CT molecular complexity index is 894. The van der Waals surface area contributed by atoms with Gasteiger partial charge in [0, 0.05) is 24.4 Å². The van der Waals surface area contributed by atoms with Crippen molar-refractivity contribution < 1.29 is 23.1 Å². The molecule has 3 rings (SSSR count). The summed E-state index contributed by atoms with van der Waals surface area (Å²) in [6.07, 6.45) is 1.91. The highest BCUT2D eigenvalue weighted by Crippen LogP contribution is 2.35. The molecule has 0 radical (unpaired) electrons. The quantitative estimate of drug-likeness (QED) is 0.544. The molecule has 0 aliphatic carbocycles. The van der Waals surface area contributed by atoms with Crippen LogP contribution in [0.15, 0.2) is 53.4 Å². The lowest BCUT2D eigenvalue weighted by atomic mass is 9.87. The van der Waals surface area contributed by atoms with Crippen LogP contribution in [-0.4, -0.2) is 43.2 Å². The van der Waals surface area contributed by atoms with Gasteiger partial charge in [-0.05, 0) is 29.5 Å². The van der Waals surface area contributed by atoms with Crippen LogP contribution in [0.1, 0.15) is 17.0 Å². The highest BCUT2D eigenvalue weighted by Gasteiger charge is 2.44. The van der Waals surface area contributed by atoms with Crippen molar-refractivity contribution in [2.24, 2.45) is 5.92 Å². The fourth-order valence-corrected chi connectivity index (χ4v) is 4.08. The Balaban J connectivity index is 1.84. The number of anilines is 1. The highest BCUT2D eigenvalue weighted by atomic mass is 32.2. The second-order valence-corrected chi connectivity index (χ2v) is 7.66. The van der Waals surface area contributed by atoms with Crippen molar-refractivity contribution in [3.05, 3.63) is 59.7 Å². The predicted molar refractivity (Wildman–Crippen MR) is 108 cm³/mol. The third kappa shape index (κ3) is 4.94. The van der Waals surface area contributed by atoms with Crippen LogP contribution in [0.2, 0.25) is 0 Å². The van der Waals surface area contributed by atoms with Crippen LogP contribution in [0.25, 0.3) is 0 Å². The summed E-state index contributed by atoms with van der Waals surface area (Å²) < 4.78 is 29.0. The number of ether oxygens (including phenoxy) is 1. The number of amides is 2. The minimum atomic E-state index is -2.85. The number of rotatable bonds is 7. The molecule has 0 saturated carbocycles. The molecule has 5 nitrogen and oxygen atoms in total. The molecule has 2 atom stereocenters. The van der Waals surface area contributed by atoms with Crippen molar-refractivity contribution in [2.75, 3.05) is 25.2 Å². The number of hydrogen-bond donors (Lipinski definition) is 1.